The molecule has 0 radical (unpaired) electrons. The molecule has 2 aliphatic rings. The molecule has 0 saturated carbocycles. The van der Waals surface area contributed by atoms with Crippen molar-refractivity contribution in [2.45, 2.75) is 63.9 Å². The minimum atomic E-state index is -0.466. The summed E-state index contributed by atoms with van der Waals surface area (Å²) < 4.78 is 11.0. The van der Waals surface area contributed by atoms with Crippen LogP contribution < -0.4 is 5.32 Å². The predicted octanol–water partition coefficient (Wildman–Crippen LogP) is 2.94. The Labute approximate surface area is 114 Å². The van der Waals surface area contributed by atoms with Gasteiger partial charge in [-0.15, -0.1) is 0 Å². The van der Waals surface area contributed by atoms with E-state index < -0.39 is 5.60 Å². The van der Waals surface area contributed by atoms with Gasteiger partial charge in [0.2, 0.25) is 0 Å². The number of fused-ring (bicyclic) bond motifs is 1. The first-order valence-corrected chi connectivity index (χ1v) is 6.88. The smallest absolute Gasteiger partial charge is 0.407 e. The lowest BCUT2D eigenvalue weighted by atomic mass is 9.92. The minimum absolute atomic E-state index is 0.0657. The molecular formula is C15H23NO3. The highest BCUT2D eigenvalue weighted by Crippen LogP contribution is 2.45. The molecule has 1 amide bonds. The Bertz CT molecular complexity index is 408. The summed E-state index contributed by atoms with van der Waals surface area (Å²) in [6.45, 7) is 7.64. The van der Waals surface area contributed by atoms with Crippen LogP contribution in [-0.2, 0) is 9.47 Å². The monoisotopic (exact) mass is 265 g/mol. The number of rotatable bonds is 4. The Hall–Kier alpha value is -1.29. The van der Waals surface area contributed by atoms with Crippen molar-refractivity contribution in [3.05, 3.63) is 24.3 Å². The molecule has 1 N–H and O–H groups in total. The molecule has 3 atom stereocenters. The highest BCUT2D eigenvalue weighted by molar-refractivity contribution is 5.68. The summed E-state index contributed by atoms with van der Waals surface area (Å²) in [6, 6.07) is 0.0657. The fraction of sp³-hybridized carbons (Fsp3) is 0.667. The lowest BCUT2D eigenvalue weighted by Gasteiger charge is -2.24. The van der Waals surface area contributed by atoms with Crippen molar-refractivity contribution in [3.8, 4) is 0 Å². The molecule has 106 valence electrons. The Balaban J connectivity index is 1.86. The highest BCUT2D eigenvalue weighted by Gasteiger charge is 2.54. The standard InChI is InChI=1S/C15H23NO3/c1-5-11(16-13(17)19-14(2,3)4)10-15-9-7-6-8-12(15)18-15/h6-9,11-12H,5,10H2,1-4H3,(H,16,17)/t11-,12+,15+/m0/s1. The van der Waals surface area contributed by atoms with E-state index in [1.165, 1.54) is 0 Å². The molecule has 1 aliphatic heterocycles. The molecule has 1 aliphatic carbocycles. The zero-order valence-corrected chi connectivity index (χ0v) is 12.1. The summed E-state index contributed by atoms with van der Waals surface area (Å²) in [7, 11) is 0. The highest BCUT2D eigenvalue weighted by atomic mass is 16.6. The number of hydrogen-bond donors (Lipinski definition) is 1. The van der Waals surface area contributed by atoms with E-state index >= 15 is 0 Å². The van der Waals surface area contributed by atoms with Crippen LogP contribution in [0.2, 0.25) is 0 Å². The lowest BCUT2D eigenvalue weighted by Crippen LogP contribution is -2.41. The number of allylic oxidation sites excluding steroid dienone is 2. The van der Waals surface area contributed by atoms with Gasteiger partial charge in [0.05, 0.1) is 0 Å². The van der Waals surface area contributed by atoms with Gasteiger partial charge in [0.25, 0.3) is 0 Å². The lowest BCUT2D eigenvalue weighted by molar-refractivity contribution is 0.0496. The summed E-state index contributed by atoms with van der Waals surface area (Å²) in [6.07, 6.45) is 9.59. The van der Waals surface area contributed by atoms with Gasteiger partial charge >= 0.3 is 6.09 Å². The first kappa shape index (κ1) is 14.1. The van der Waals surface area contributed by atoms with Crippen LogP contribution in [0.25, 0.3) is 0 Å². The number of ether oxygens (including phenoxy) is 2. The summed E-state index contributed by atoms with van der Waals surface area (Å²) >= 11 is 0. The van der Waals surface area contributed by atoms with Crippen molar-refractivity contribution in [2.75, 3.05) is 0 Å². The van der Waals surface area contributed by atoms with Gasteiger partial charge in [0.15, 0.2) is 0 Å². The van der Waals surface area contributed by atoms with E-state index in [0.717, 1.165) is 12.8 Å². The Kier molecular flexibility index (Phi) is 3.72. The molecule has 1 heterocycles. The number of amides is 1. The average molecular weight is 265 g/mol. The van der Waals surface area contributed by atoms with Gasteiger partial charge in [-0.25, -0.2) is 4.79 Å². The molecule has 2 rings (SSSR count). The maximum atomic E-state index is 11.8. The van der Waals surface area contributed by atoms with Crippen molar-refractivity contribution >= 4 is 6.09 Å². The third-order valence-corrected chi connectivity index (χ3v) is 3.33. The zero-order chi connectivity index (χ0) is 14.1. The Morgan fingerprint density at radius 2 is 2.21 bits per heavy atom. The summed E-state index contributed by atoms with van der Waals surface area (Å²) in [4.78, 5) is 11.8. The summed E-state index contributed by atoms with van der Waals surface area (Å²) in [5, 5.41) is 2.92. The van der Waals surface area contributed by atoms with E-state index in [4.69, 9.17) is 9.47 Å². The number of alkyl carbamates (subject to hydrolysis) is 1. The summed E-state index contributed by atoms with van der Waals surface area (Å²) in [5.41, 5.74) is -0.669. The maximum Gasteiger partial charge on any atom is 0.407 e. The van der Waals surface area contributed by atoms with E-state index in [1.54, 1.807) is 0 Å². The molecule has 4 heteroatoms. The molecule has 1 saturated heterocycles. The van der Waals surface area contributed by atoms with Gasteiger partial charge in [-0.1, -0.05) is 25.2 Å². The van der Waals surface area contributed by atoms with Crippen LogP contribution in [0.1, 0.15) is 40.5 Å². The topological polar surface area (TPSA) is 50.9 Å². The normalized spacial score (nSPS) is 29.6. The quantitative estimate of drug-likeness (QED) is 0.795. The summed E-state index contributed by atoms with van der Waals surface area (Å²) in [5.74, 6) is 0. The van der Waals surface area contributed by atoms with Gasteiger partial charge in [0.1, 0.15) is 17.3 Å². The van der Waals surface area contributed by atoms with Gasteiger partial charge in [0, 0.05) is 12.5 Å². The van der Waals surface area contributed by atoms with Gasteiger partial charge in [-0.05, 0) is 33.3 Å². The van der Waals surface area contributed by atoms with Crippen LogP contribution in [0.15, 0.2) is 24.3 Å². The Morgan fingerprint density at radius 3 is 2.79 bits per heavy atom. The number of epoxide rings is 1. The number of carbonyl (C=O) groups excluding carboxylic acids is 1. The SMILES string of the molecule is CC[C@@H](C[C@]12C=CC=C[C@H]1O2)NC(=O)OC(C)(C)C. The Morgan fingerprint density at radius 1 is 1.47 bits per heavy atom. The van der Waals surface area contributed by atoms with Crippen LogP contribution in [0, 0.1) is 0 Å². The molecule has 19 heavy (non-hydrogen) atoms. The molecule has 0 aromatic rings. The van der Waals surface area contributed by atoms with Crippen molar-refractivity contribution in [3.63, 3.8) is 0 Å². The van der Waals surface area contributed by atoms with Crippen molar-refractivity contribution in [1.82, 2.24) is 5.32 Å². The third-order valence-electron chi connectivity index (χ3n) is 3.33. The van der Waals surface area contributed by atoms with Crippen molar-refractivity contribution in [2.24, 2.45) is 0 Å². The van der Waals surface area contributed by atoms with Crippen LogP contribution in [-0.4, -0.2) is 29.4 Å². The molecule has 0 bridgehead atoms. The van der Waals surface area contributed by atoms with E-state index in [0.29, 0.717) is 0 Å². The van der Waals surface area contributed by atoms with Crippen molar-refractivity contribution in [1.29, 1.82) is 0 Å². The van der Waals surface area contributed by atoms with E-state index in [1.807, 2.05) is 32.9 Å². The second-order valence-electron chi connectivity index (χ2n) is 6.19. The maximum absolute atomic E-state index is 11.8. The minimum Gasteiger partial charge on any atom is -0.444 e. The van der Waals surface area contributed by atoms with Gasteiger partial charge < -0.3 is 14.8 Å². The van der Waals surface area contributed by atoms with Crippen LogP contribution in [0.4, 0.5) is 4.79 Å². The number of carbonyl (C=O) groups is 1. The third kappa shape index (κ3) is 3.60. The molecule has 0 spiro atoms. The molecule has 4 nitrogen and oxygen atoms in total. The predicted molar refractivity (Wildman–Crippen MR) is 73.9 cm³/mol. The van der Waals surface area contributed by atoms with E-state index in [2.05, 4.69) is 24.4 Å². The molecule has 0 aromatic heterocycles. The molecular weight excluding hydrogens is 242 g/mol. The number of hydrogen-bond acceptors (Lipinski definition) is 3. The first-order valence-electron chi connectivity index (χ1n) is 6.88. The van der Waals surface area contributed by atoms with Crippen LogP contribution in [0.3, 0.4) is 0 Å². The average Bonchev–Trinajstić information content (AvgIpc) is 2.99. The van der Waals surface area contributed by atoms with Crippen molar-refractivity contribution < 1.29 is 14.3 Å². The fourth-order valence-electron chi connectivity index (χ4n) is 2.31. The molecule has 0 aromatic carbocycles. The van der Waals surface area contributed by atoms with Gasteiger partial charge in [-0.3, -0.25) is 0 Å². The molecule has 0 unspecified atom stereocenters. The second-order valence-corrected chi connectivity index (χ2v) is 6.19. The van der Waals surface area contributed by atoms with E-state index in [9.17, 15) is 4.79 Å². The van der Waals surface area contributed by atoms with E-state index in [-0.39, 0.29) is 23.8 Å². The largest absolute Gasteiger partial charge is 0.444 e. The van der Waals surface area contributed by atoms with Crippen LogP contribution in [0.5, 0.6) is 0 Å². The second kappa shape index (κ2) is 5.00. The van der Waals surface area contributed by atoms with Crippen LogP contribution >= 0.6 is 0 Å². The zero-order valence-electron chi connectivity index (χ0n) is 12.1. The first-order chi connectivity index (χ1) is 8.85. The molecule has 1 fully saturated rings. The fourth-order valence-corrected chi connectivity index (χ4v) is 2.31. The van der Waals surface area contributed by atoms with Gasteiger partial charge in [-0.2, -0.15) is 0 Å². The number of nitrogens with one attached hydrogen (secondary N) is 1.